The number of rotatable bonds is 11. The van der Waals surface area contributed by atoms with Crippen LogP contribution in [-0.4, -0.2) is 35.4 Å². The first-order valence-electron chi connectivity index (χ1n) is 10.4. The summed E-state index contributed by atoms with van der Waals surface area (Å²) in [4.78, 5) is 30.9. The Balaban J connectivity index is 2.10. The van der Waals surface area contributed by atoms with Crippen molar-refractivity contribution in [1.82, 2.24) is 9.88 Å². The van der Waals surface area contributed by atoms with Crippen molar-refractivity contribution in [1.29, 1.82) is 0 Å². The molecule has 158 valence electrons. The summed E-state index contributed by atoms with van der Waals surface area (Å²) >= 11 is 1.38. The first-order chi connectivity index (χ1) is 13.9. The molecule has 2 aromatic rings. The molecule has 1 amide bonds. The van der Waals surface area contributed by atoms with Crippen LogP contribution in [0.25, 0.3) is 0 Å². The number of unbranched alkanes of at least 4 members (excludes halogenated alkanes) is 2. The molecule has 6 heteroatoms. The molecule has 0 radical (unpaired) electrons. The number of thiazole rings is 1. The zero-order valence-corrected chi connectivity index (χ0v) is 18.8. The Morgan fingerprint density at radius 1 is 1.17 bits per heavy atom. The molecule has 0 fully saturated rings. The third kappa shape index (κ3) is 7.28. The number of carbonyl (C=O) groups is 2. The van der Waals surface area contributed by atoms with Gasteiger partial charge in [-0.25, -0.2) is 9.78 Å². The Labute approximate surface area is 178 Å². The van der Waals surface area contributed by atoms with E-state index in [1.807, 2.05) is 17.0 Å². The maximum atomic E-state index is 13.1. The Morgan fingerprint density at radius 2 is 1.90 bits per heavy atom. The molecule has 0 saturated carbocycles. The zero-order chi connectivity index (χ0) is 21.2. The lowest BCUT2D eigenvalue weighted by atomic mass is 10.0. The molecule has 0 spiro atoms. The van der Waals surface area contributed by atoms with Crippen LogP contribution in [0.1, 0.15) is 77.9 Å². The van der Waals surface area contributed by atoms with E-state index in [2.05, 4.69) is 37.9 Å². The summed E-state index contributed by atoms with van der Waals surface area (Å²) in [5.41, 5.74) is 2.25. The van der Waals surface area contributed by atoms with E-state index in [0.29, 0.717) is 30.3 Å². The van der Waals surface area contributed by atoms with E-state index in [0.717, 1.165) is 17.8 Å². The average molecular weight is 417 g/mol. The van der Waals surface area contributed by atoms with E-state index in [1.54, 1.807) is 5.38 Å². The minimum absolute atomic E-state index is 0.000534. The monoisotopic (exact) mass is 416 g/mol. The Bertz CT molecular complexity index is 784. The normalized spacial score (nSPS) is 10.9. The third-order valence-corrected chi connectivity index (χ3v) is 5.64. The summed E-state index contributed by atoms with van der Waals surface area (Å²) in [7, 11) is 1.34. The molecule has 1 heterocycles. The Kier molecular flexibility index (Phi) is 9.32. The Morgan fingerprint density at radius 3 is 2.52 bits per heavy atom. The van der Waals surface area contributed by atoms with Crippen molar-refractivity contribution >= 4 is 23.2 Å². The number of nitrogens with zero attached hydrogens (tertiary/aromatic N) is 2. The molecule has 0 aliphatic carbocycles. The predicted molar refractivity (Wildman–Crippen MR) is 117 cm³/mol. The lowest BCUT2D eigenvalue weighted by molar-refractivity contribution is 0.0594. The van der Waals surface area contributed by atoms with Gasteiger partial charge in [-0.05, 0) is 42.9 Å². The molecular formula is C23H32N2O3S. The summed E-state index contributed by atoms with van der Waals surface area (Å²) < 4.78 is 4.72. The summed E-state index contributed by atoms with van der Waals surface area (Å²) in [5, 5.41) is 2.41. The number of esters is 1. The minimum Gasteiger partial charge on any atom is -0.464 e. The van der Waals surface area contributed by atoms with Crippen molar-refractivity contribution in [2.75, 3.05) is 13.7 Å². The van der Waals surface area contributed by atoms with Gasteiger partial charge in [0.2, 0.25) is 0 Å². The number of methoxy groups -OCH3 is 1. The van der Waals surface area contributed by atoms with Crippen molar-refractivity contribution < 1.29 is 14.3 Å². The molecule has 0 unspecified atom stereocenters. The lowest BCUT2D eigenvalue weighted by Gasteiger charge is -2.23. The van der Waals surface area contributed by atoms with E-state index in [1.165, 1.54) is 43.3 Å². The van der Waals surface area contributed by atoms with Crippen LogP contribution in [0.4, 0.5) is 0 Å². The molecule has 0 aliphatic rings. The van der Waals surface area contributed by atoms with Crippen LogP contribution in [0.15, 0.2) is 29.6 Å². The van der Waals surface area contributed by atoms with Crippen LogP contribution < -0.4 is 0 Å². The fraction of sp³-hybridized carbons (Fsp3) is 0.522. The van der Waals surface area contributed by atoms with Gasteiger partial charge in [0, 0.05) is 17.5 Å². The van der Waals surface area contributed by atoms with Gasteiger partial charge in [0.15, 0.2) is 5.69 Å². The third-order valence-electron chi connectivity index (χ3n) is 4.81. The number of aromatic nitrogens is 1. The molecule has 2 rings (SSSR count). The largest absolute Gasteiger partial charge is 0.464 e. The van der Waals surface area contributed by atoms with Crippen molar-refractivity contribution in [2.45, 2.75) is 59.4 Å². The van der Waals surface area contributed by atoms with Gasteiger partial charge in [-0.3, -0.25) is 4.79 Å². The SMILES string of the molecule is CCCCCc1ccc(C(=O)N(CCC(C)C)Cc2nc(C(=O)OC)cs2)cc1. The summed E-state index contributed by atoms with van der Waals surface area (Å²) in [5.74, 6) is 0.0416. The molecular weight excluding hydrogens is 384 g/mol. The van der Waals surface area contributed by atoms with Crippen molar-refractivity contribution in [3.8, 4) is 0 Å². The topological polar surface area (TPSA) is 59.5 Å². The highest BCUT2D eigenvalue weighted by Gasteiger charge is 2.19. The van der Waals surface area contributed by atoms with Crippen LogP contribution in [0, 0.1) is 5.92 Å². The lowest BCUT2D eigenvalue weighted by Crippen LogP contribution is -2.32. The number of aryl methyl sites for hydroxylation is 1. The predicted octanol–water partition coefficient (Wildman–Crippen LogP) is 5.35. The van der Waals surface area contributed by atoms with Crippen LogP contribution in [0.5, 0.6) is 0 Å². The van der Waals surface area contributed by atoms with Gasteiger partial charge in [0.1, 0.15) is 5.01 Å². The molecule has 1 aromatic carbocycles. The highest BCUT2D eigenvalue weighted by molar-refractivity contribution is 7.09. The summed E-state index contributed by atoms with van der Waals surface area (Å²) in [6.07, 6.45) is 5.57. The molecule has 0 atom stereocenters. The van der Waals surface area contributed by atoms with E-state index >= 15 is 0 Å². The van der Waals surface area contributed by atoms with Gasteiger partial charge in [-0.1, -0.05) is 45.7 Å². The van der Waals surface area contributed by atoms with Crippen molar-refractivity contribution in [2.24, 2.45) is 5.92 Å². The number of ether oxygens (including phenoxy) is 1. The number of carbonyl (C=O) groups excluding carboxylic acids is 2. The molecule has 29 heavy (non-hydrogen) atoms. The van der Waals surface area contributed by atoms with E-state index in [9.17, 15) is 9.59 Å². The standard InChI is InChI=1S/C23H32N2O3S/c1-5-6-7-8-18-9-11-19(12-10-18)22(26)25(14-13-17(2)3)15-21-24-20(16-29-21)23(27)28-4/h9-12,16-17H,5-8,13-15H2,1-4H3. The van der Waals surface area contributed by atoms with Crippen molar-refractivity contribution in [3.05, 3.63) is 51.5 Å². The fourth-order valence-corrected chi connectivity index (χ4v) is 3.77. The van der Waals surface area contributed by atoms with E-state index in [-0.39, 0.29) is 5.91 Å². The minimum atomic E-state index is -0.453. The fourth-order valence-electron chi connectivity index (χ4n) is 2.99. The first-order valence-corrected chi connectivity index (χ1v) is 11.2. The second-order valence-electron chi connectivity index (χ2n) is 7.68. The van der Waals surface area contributed by atoms with E-state index < -0.39 is 5.97 Å². The second-order valence-corrected chi connectivity index (χ2v) is 8.62. The smallest absolute Gasteiger partial charge is 0.357 e. The number of hydrogen-bond acceptors (Lipinski definition) is 5. The highest BCUT2D eigenvalue weighted by atomic mass is 32.1. The average Bonchev–Trinajstić information content (AvgIpc) is 3.19. The quantitative estimate of drug-likeness (QED) is 0.366. The van der Waals surface area contributed by atoms with Crippen LogP contribution >= 0.6 is 11.3 Å². The van der Waals surface area contributed by atoms with Gasteiger partial charge >= 0.3 is 5.97 Å². The number of benzene rings is 1. The summed E-state index contributed by atoms with van der Waals surface area (Å²) in [6, 6.07) is 7.96. The van der Waals surface area contributed by atoms with Crippen LogP contribution in [0.2, 0.25) is 0 Å². The van der Waals surface area contributed by atoms with E-state index in [4.69, 9.17) is 4.74 Å². The molecule has 5 nitrogen and oxygen atoms in total. The van der Waals surface area contributed by atoms with Crippen molar-refractivity contribution in [3.63, 3.8) is 0 Å². The molecule has 1 aromatic heterocycles. The van der Waals surface area contributed by atoms with Crippen LogP contribution in [0.3, 0.4) is 0 Å². The second kappa shape index (κ2) is 11.7. The zero-order valence-electron chi connectivity index (χ0n) is 17.9. The molecule has 0 bridgehead atoms. The van der Waals surface area contributed by atoms with Gasteiger partial charge in [-0.2, -0.15) is 0 Å². The molecule has 0 saturated heterocycles. The maximum absolute atomic E-state index is 13.1. The van der Waals surface area contributed by atoms with Gasteiger partial charge in [0.25, 0.3) is 5.91 Å². The number of hydrogen-bond donors (Lipinski definition) is 0. The molecule has 0 N–H and O–H groups in total. The molecule has 0 aliphatic heterocycles. The Hall–Kier alpha value is -2.21. The first kappa shape index (κ1) is 23.1. The summed E-state index contributed by atoms with van der Waals surface area (Å²) in [6.45, 7) is 7.54. The highest BCUT2D eigenvalue weighted by Crippen LogP contribution is 2.18. The van der Waals surface area contributed by atoms with Gasteiger partial charge < -0.3 is 9.64 Å². The van der Waals surface area contributed by atoms with Gasteiger partial charge in [-0.15, -0.1) is 11.3 Å². The maximum Gasteiger partial charge on any atom is 0.357 e. The van der Waals surface area contributed by atoms with Crippen LogP contribution in [-0.2, 0) is 17.7 Å². The number of amides is 1. The van der Waals surface area contributed by atoms with Gasteiger partial charge in [0.05, 0.1) is 13.7 Å².